The molecule has 0 saturated heterocycles. The van der Waals surface area contributed by atoms with Gasteiger partial charge >= 0.3 is 11.9 Å². The standard InChI is InChI=1S/C29H26Cl2N2O5/c1-32-7-3-5-14-9-16-22(12-20(14)32)38-23-13-21-15(6-4-8-33(21)2)10-17(23)24(16)25-19(30)11-18(28(34)35)27(31)26(25)29(36)37/h9-13,16,24H,3-8H2,1-2H3,(H-,34,35,36,37)/p+1. The second kappa shape index (κ2) is 9.17. The predicted octanol–water partition coefficient (Wildman–Crippen LogP) is 5.61. The Labute approximate surface area is 230 Å². The maximum absolute atomic E-state index is 12.6. The highest BCUT2D eigenvalue weighted by atomic mass is 35.5. The molecule has 0 radical (unpaired) electrons. The van der Waals surface area contributed by atoms with Crippen LogP contribution in [0.3, 0.4) is 0 Å². The van der Waals surface area contributed by atoms with E-state index in [0.29, 0.717) is 17.1 Å². The minimum atomic E-state index is -1.33. The summed E-state index contributed by atoms with van der Waals surface area (Å²) in [6, 6.07) is 5.40. The zero-order chi connectivity index (χ0) is 26.9. The largest absolute Gasteiger partial charge is 0.478 e. The van der Waals surface area contributed by atoms with Gasteiger partial charge in [0, 0.05) is 65.8 Å². The van der Waals surface area contributed by atoms with E-state index in [4.69, 9.17) is 27.9 Å². The van der Waals surface area contributed by atoms with Crippen LogP contribution in [0.2, 0.25) is 10.0 Å². The van der Waals surface area contributed by atoms with Crippen molar-refractivity contribution < 1.29 is 29.1 Å². The Morgan fingerprint density at radius 3 is 2.63 bits per heavy atom. The molecule has 0 fully saturated rings. The third kappa shape index (κ3) is 3.83. The molecule has 0 bridgehead atoms. The first-order valence-electron chi connectivity index (χ1n) is 12.7. The van der Waals surface area contributed by atoms with Gasteiger partial charge in [-0.15, -0.1) is 0 Å². The molecule has 2 unspecified atom stereocenters. The van der Waals surface area contributed by atoms with E-state index < -0.39 is 17.9 Å². The Balaban J connectivity index is 1.66. The van der Waals surface area contributed by atoms with Gasteiger partial charge < -0.3 is 19.8 Å². The first-order chi connectivity index (χ1) is 18.2. The molecule has 0 aromatic heterocycles. The molecular weight excluding hydrogens is 527 g/mol. The van der Waals surface area contributed by atoms with Crippen LogP contribution >= 0.6 is 23.2 Å². The first-order valence-corrected chi connectivity index (χ1v) is 13.5. The second-order valence-corrected chi connectivity index (χ2v) is 11.2. The fourth-order valence-electron chi connectivity index (χ4n) is 6.37. The van der Waals surface area contributed by atoms with Gasteiger partial charge in [0.15, 0.2) is 0 Å². The van der Waals surface area contributed by atoms with Crippen molar-refractivity contribution in [2.75, 3.05) is 32.1 Å². The van der Waals surface area contributed by atoms with E-state index in [9.17, 15) is 19.8 Å². The number of nitrogens with zero attached hydrogens (tertiary/aromatic N) is 2. The lowest BCUT2D eigenvalue weighted by molar-refractivity contribution is -0.499. The minimum absolute atomic E-state index is 0.0603. The molecule has 0 spiro atoms. The summed E-state index contributed by atoms with van der Waals surface area (Å²) < 4.78 is 8.77. The smallest absolute Gasteiger partial charge is 0.337 e. The Bertz CT molecular complexity index is 1520. The molecule has 2 atom stereocenters. The number of allylic oxidation sites excluding steroid dienone is 3. The third-order valence-electron chi connectivity index (χ3n) is 8.16. The van der Waals surface area contributed by atoms with E-state index in [1.54, 1.807) is 0 Å². The van der Waals surface area contributed by atoms with E-state index in [1.807, 2.05) is 6.07 Å². The zero-order valence-electron chi connectivity index (χ0n) is 21.1. The molecule has 2 aromatic carbocycles. The molecule has 4 aliphatic rings. The Morgan fingerprint density at radius 2 is 1.89 bits per heavy atom. The molecule has 7 nitrogen and oxygen atoms in total. The number of ether oxygens (including phenoxy) is 1. The van der Waals surface area contributed by atoms with Crippen molar-refractivity contribution in [3.63, 3.8) is 0 Å². The van der Waals surface area contributed by atoms with Crippen molar-refractivity contribution in [2.45, 2.75) is 31.6 Å². The van der Waals surface area contributed by atoms with E-state index in [2.05, 4.69) is 41.8 Å². The fraction of sp³-hybridized carbons (Fsp3) is 0.345. The zero-order valence-corrected chi connectivity index (χ0v) is 22.6. The van der Waals surface area contributed by atoms with Gasteiger partial charge in [-0.25, -0.2) is 14.2 Å². The molecule has 2 N–H and O–H groups in total. The molecule has 38 heavy (non-hydrogen) atoms. The second-order valence-electron chi connectivity index (χ2n) is 10.4. The maximum atomic E-state index is 12.6. The van der Waals surface area contributed by atoms with E-state index in [-0.39, 0.29) is 27.1 Å². The highest BCUT2D eigenvalue weighted by Crippen LogP contribution is 2.53. The number of halogens is 2. The SMILES string of the molecule is CN1CCCc2cc3c(cc21)OC1=CC2=[N+](C)CCCC2=CC1C3c1c(Cl)cc(C(=O)O)c(Cl)c1C(=O)O. The summed E-state index contributed by atoms with van der Waals surface area (Å²) in [5.74, 6) is -2.15. The average molecular weight is 554 g/mol. The molecule has 1 aliphatic carbocycles. The number of aryl methyl sites for hydroxylation is 1. The van der Waals surface area contributed by atoms with E-state index in [0.717, 1.165) is 61.3 Å². The van der Waals surface area contributed by atoms with Gasteiger partial charge in [0.05, 0.1) is 16.1 Å². The van der Waals surface area contributed by atoms with Crippen LogP contribution in [0.4, 0.5) is 5.69 Å². The Morgan fingerprint density at radius 1 is 1.11 bits per heavy atom. The lowest BCUT2D eigenvalue weighted by Gasteiger charge is -2.39. The number of rotatable bonds is 3. The average Bonchev–Trinajstić information content (AvgIpc) is 2.87. The topological polar surface area (TPSA) is 90.1 Å². The molecule has 3 heterocycles. The van der Waals surface area contributed by atoms with Crippen LogP contribution in [0.5, 0.6) is 5.75 Å². The number of carboxylic acids is 2. The van der Waals surface area contributed by atoms with Crippen LogP contribution in [0, 0.1) is 5.92 Å². The molecule has 6 rings (SSSR count). The quantitative estimate of drug-likeness (QED) is 0.480. The monoisotopic (exact) mass is 553 g/mol. The van der Waals surface area contributed by atoms with Crippen molar-refractivity contribution in [3.8, 4) is 5.75 Å². The number of anilines is 1. The van der Waals surface area contributed by atoms with Crippen molar-refractivity contribution in [1.82, 2.24) is 0 Å². The van der Waals surface area contributed by atoms with Gasteiger partial charge in [0.1, 0.15) is 25.1 Å². The van der Waals surface area contributed by atoms with Gasteiger partial charge in [-0.05, 0) is 42.5 Å². The summed E-state index contributed by atoms with van der Waals surface area (Å²) >= 11 is 13.2. The number of hydrogen-bond acceptors (Lipinski definition) is 4. The molecule has 3 aliphatic heterocycles. The third-order valence-corrected chi connectivity index (χ3v) is 8.87. The number of carbonyl (C=O) groups is 2. The minimum Gasteiger partial charge on any atom is -0.478 e. The summed E-state index contributed by atoms with van der Waals surface area (Å²) in [7, 11) is 4.11. The van der Waals surface area contributed by atoms with Gasteiger partial charge in [-0.1, -0.05) is 29.3 Å². The number of fused-ring (bicyclic) bond motifs is 4. The summed E-state index contributed by atoms with van der Waals surface area (Å²) in [5.41, 5.74) is 5.06. The summed E-state index contributed by atoms with van der Waals surface area (Å²) in [6.07, 6.45) is 8.06. The van der Waals surface area contributed by atoms with Crippen LogP contribution in [0.1, 0.15) is 62.6 Å². The van der Waals surface area contributed by atoms with Gasteiger partial charge in [0.2, 0.25) is 5.71 Å². The molecule has 196 valence electrons. The highest BCUT2D eigenvalue weighted by Gasteiger charge is 2.43. The van der Waals surface area contributed by atoms with E-state index >= 15 is 0 Å². The predicted molar refractivity (Wildman–Crippen MR) is 146 cm³/mol. The van der Waals surface area contributed by atoms with Crippen molar-refractivity contribution in [3.05, 3.63) is 79.5 Å². The van der Waals surface area contributed by atoms with Gasteiger partial charge in [-0.2, -0.15) is 0 Å². The van der Waals surface area contributed by atoms with Crippen LogP contribution in [0.15, 0.2) is 41.7 Å². The van der Waals surface area contributed by atoms with Crippen molar-refractivity contribution in [1.29, 1.82) is 0 Å². The molecule has 9 heteroatoms. The number of carboxylic acid groups (broad SMARTS) is 2. The Hall–Kier alpha value is -3.29. The maximum Gasteiger partial charge on any atom is 0.337 e. The lowest BCUT2D eigenvalue weighted by atomic mass is 9.72. The normalized spacial score (nSPS) is 21.8. The highest BCUT2D eigenvalue weighted by molar-refractivity contribution is 6.39. The molecule has 2 aromatic rings. The van der Waals surface area contributed by atoms with Crippen molar-refractivity contribution >= 4 is 46.5 Å². The van der Waals surface area contributed by atoms with Crippen LogP contribution in [-0.4, -0.2) is 59.6 Å². The lowest BCUT2D eigenvalue weighted by Crippen LogP contribution is -2.34. The molecule has 0 amide bonds. The van der Waals surface area contributed by atoms with Gasteiger partial charge in [-0.3, -0.25) is 0 Å². The summed E-state index contributed by atoms with van der Waals surface area (Å²) in [5, 5.41) is 19.7. The fourth-order valence-corrected chi connectivity index (χ4v) is 7.01. The summed E-state index contributed by atoms with van der Waals surface area (Å²) in [4.78, 5) is 26.7. The molecular formula is C29H27Cl2N2O5+. The number of benzene rings is 2. The number of hydrogen-bond donors (Lipinski definition) is 2. The van der Waals surface area contributed by atoms with Crippen molar-refractivity contribution in [2.24, 2.45) is 5.92 Å². The van der Waals surface area contributed by atoms with Gasteiger partial charge in [0.25, 0.3) is 0 Å². The first kappa shape index (κ1) is 25.0. The van der Waals surface area contributed by atoms with Crippen LogP contribution in [-0.2, 0) is 6.42 Å². The Kier molecular flexibility index (Phi) is 6.04. The van der Waals surface area contributed by atoms with Crippen LogP contribution in [0.25, 0.3) is 0 Å². The summed E-state index contributed by atoms with van der Waals surface area (Å²) in [6.45, 7) is 1.89. The number of aromatic carboxylic acids is 2. The molecule has 0 saturated carbocycles. The van der Waals surface area contributed by atoms with Crippen LogP contribution < -0.4 is 9.64 Å². The van der Waals surface area contributed by atoms with E-state index in [1.165, 1.54) is 11.6 Å².